The fourth-order valence-corrected chi connectivity index (χ4v) is 4.05. The molecule has 0 bridgehead atoms. The van der Waals surface area contributed by atoms with Crippen LogP contribution in [0, 0.1) is 11.6 Å². The van der Waals surface area contributed by atoms with Gasteiger partial charge in [-0.05, 0) is 31.0 Å². The maximum absolute atomic E-state index is 14.1. The van der Waals surface area contributed by atoms with E-state index in [4.69, 9.17) is 10.5 Å². The zero-order valence-electron chi connectivity index (χ0n) is 14.9. The molecule has 1 fully saturated rings. The Morgan fingerprint density at radius 3 is 2.92 bits per heavy atom. The molecule has 2 aliphatic heterocycles. The molecule has 26 heavy (non-hydrogen) atoms. The van der Waals surface area contributed by atoms with Crippen molar-refractivity contribution in [2.24, 2.45) is 5.73 Å². The van der Waals surface area contributed by atoms with E-state index in [1.807, 2.05) is 6.20 Å². The van der Waals surface area contributed by atoms with Crippen LogP contribution in [0.1, 0.15) is 42.7 Å². The molecule has 0 aliphatic carbocycles. The maximum Gasteiger partial charge on any atom is 0.129 e. The van der Waals surface area contributed by atoms with E-state index in [2.05, 4.69) is 21.6 Å². The van der Waals surface area contributed by atoms with Crippen LogP contribution in [0.2, 0.25) is 0 Å². The molecule has 3 atom stereocenters. The number of nitrogens with zero attached hydrogens (tertiary/aromatic N) is 3. The molecule has 2 aromatic rings. The number of nitrogens with two attached hydrogens (primary N) is 1. The van der Waals surface area contributed by atoms with Gasteiger partial charge >= 0.3 is 0 Å². The van der Waals surface area contributed by atoms with Crippen molar-refractivity contribution in [3.8, 4) is 0 Å². The molecule has 0 amide bonds. The van der Waals surface area contributed by atoms with Crippen LogP contribution in [0.15, 0.2) is 24.4 Å². The number of benzene rings is 1. The first-order chi connectivity index (χ1) is 12.6. The predicted octanol–water partition coefficient (Wildman–Crippen LogP) is 2.74. The summed E-state index contributed by atoms with van der Waals surface area (Å²) in [5.41, 5.74) is 9.01. The molecule has 4 rings (SSSR count). The van der Waals surface area contributed by atoms with E-state index >= 15 is 0 Å². The largest absolute Gasteiger partial charge is 0.370 e. The van der Waals surface area contributed by atoms with Crippen molar-refractivity contribution in [3.05, 3.63) is 52.9 Å². The Morgan fingerprint density at radius 1 is 1.31 bits per heavy atom. The number of ether oxygens (including phenoxy) is 1. The van der Waals surface area contributed by atoms with E-state index in [1.54, 1.807) is 0 Å². The molecule has 1 aromatic heterocycles. The first kappa shape index (κ1) is 17.6. The number of rotatable bonds is 4. The van der Waals surface area contributed by atoms with Gasteiger partial charge in [0.05, 0.1) is 18.5 Å². The van der Waals surface area contributed by atoms with Crippen molar-refractivity contribution in [1.82, 2.24) is 14.7 Å². The van der Waals surface area contributed by atoms with Gasteiger partial charge in [-0.2, -0.15) is 5.10 Å². The Bertz CT molecular complexity index is 794. The standard InChI is InChI=1S/C19H24F2N4O/c1-2-5-25-18-10-24(9-12(18)8-23-25)14-7-17(22)19(26-11-14)15-6-13(20)3-4-16(15)21/h3-4,6,8,14,17,19H,2,5,7,9-11,22H2,1H3/t14-,17+,19-/m1/s1. The lowest BCUT2D eigenvalue weighted by molar-refractivity contribution is -0.0534. The van der Waals surface area contributed by atoms with Crippen molar-refractivity contribution in [3.63, 3.8) is 0 Å². The van der Waals surface area contributed by atoms with Gasteiger partial charge in [-0.25, -0.2) is 8.78 Å². The third-order valence-electron chi connectivity index (χ3n) is 5.38. The van der Waals surface area contributed by atoms with Crippen LogP contribution in [0.25, 0.3) is 0 Å². The van der Waals surface area contributed by atoms with Crippen molar-refractivity contribution in [1.29, 1.82) is 0 Å². The minimum absolute atomic E-state index is 0.167. The molecule has 3 heterocycles. The first-order valence-electron chi connectivity index (χ1n) is 9.16. The minimum Gasteiger partial charge on any atom is -0.370 e. The van der Waals surface area contributed by atoms with Crippen molar-refractivity contribution >= 4 is 0 Å². The summed E-state index contributed by atoms with van der Waals surface area (Å²) in [5.74, 6) is -0.951. The summed E-state index contributed by atoms with van der Waals surface area (Å²) in [5, 5.41) is 4.45. The topological polar surface area (TPSA) is 56.3 Å². The number of halogens is 2. The van der Waals surface area contributed by atoms with Crippen LogP contribution < -0.4 is 5.73 Å². The quantitative estimate of drug-likeness (QED) is 0.909. The second kappa shape index (κ2) is 7.06. The summed E-state index contributed by atoms with van der Waals surface area (Å²) in [7, 11) is 0. The molecule has 0 spiro atoms. The second-order valence-electron chi connectivity index (χ2n) is 7.22. The van der Waals surface area contributed by atoms with E-state index < -0.39 is 17.7 Å². The van der Waals surface area contributed by atoms with Gasteiger partial charge in [0.15, 0.2) is 0 Å². The average molecular weight is 362 g/mol. The van der Waals surface area contributed by atoms with Gasteiger partial charge in [-0.1, -0.05) is 6.92 Å². The van der Waals surface area contributed by atoms with Gasteiger partial charge < -0.3 is 10.5 Å². The van der Waals surface area contributed by atoms with Crippen LogP contribution in [0.5, 0.6) is 0 Å². The highest BCUT2D eigenvalue weighted by atomic mass is 19.1. The third-order valence-corrected chi connectivity index (χ3v) is 5.38. The highest BCUT2D eigenvalue weighted by molar-refractivity contribution is 5.25. The Morgan fingerprint density at radius 2 is 2.15 bits per heavy atom. The number of aryl methyl sites for hydroxylation is 1. The van der Waals surface area contributed by atoms with Crippen LogP contribution in [-0.4, -0.2) is 33.4 Å². The molecular formula is C19H24F2N4O. The molecule has 5 nitrogen and oxygen atoms in total. The Hall–Kier alpha value is -1.83. The molecule has 1 aromatic carbocycles. The van der Waals surface area contributed by atoms with Crippen molar-refractivity contribution in [2.75, 3.05) is 6.61 Å². The Balaban J connectivity index is 1.44. The van der Waals surface area contributed by atoms with E-state index in [0.29, 0.717) is 13.0 Å². The number of hydrogen-bond acceptors (Lipinski definition) is 4. The normalized spacial score (nSPS) is 26.2. The monoisotopic (exact) mass is 362 g/mol. The molecule has 140 valence electrons. The van der Waals surface area contributed by atoms with Gasteiger partial charge in [0.2, 0.25) is 0 Å². The zero-order valence-corrected chi connectivity index (χ0v) is 14.9. The molecule has 0 unspecified atom stereocenters. The Labute approximate surface area is 151 Å². The molecule has 0 saturated carbocycles. The fourth-order valence-electron chi connectivity index (χ4n) is 4.05. The van der Waals surface area contributed by atoms with Gasteiger partial charge in [0.25, 0.3) is 0 Å². The second-order valence-corrected chi connectivity index (χ2v) is 7.22. The number of aromatic nitrogens is 2. The van der Waals surface area contributed by atoms with Crippen LogP contribution in [0.4, 0.5) is 8.78 Å². The van der Waals surface area contributed by atoms with Crippen molar-refractivity contribution < 1.29 is 13.5 Å². The smallest absolute Gasteiger partial charge is 0.129 e. The fraction of sp³-hybridized carbons (Fsp3) is 0.526. The summed E-state index contributed by atoms with van der Waals surface area (Å²) in [6.07, 6.45) is 3.07. The predicted molar refractivity (Wildman–Crippen MR) is 93.2 cm³/mol. The van der Waals surface area contributed by atoms with Crippen LogP contribution >= 0.6 is 0 Å². The minimum atomic E-state index is -0.609. The van der Waals surface area contributed by atoms with Gasteiger partial charge in [0.1, 0.15) is 17.7 Å². The number of hydrogen-bond donors (Lipinski definition) is 1. The lowest BCUT2D eigenvalue weighted by Gasteiger charge is -2.38. The summed E-state index contributed by atoms with van der Waals surface area (Å²) in [6, 6.07) is 3.22. The van der Waals surface area contributed by atoms with Gasteiger partial charge in [-0.15, -0.1) is 0 Å². The van der Waals surface area contributed by atoms with E-state index in [-0.39, 0.29) is 17.6 Å². The van der Waals surface area contributed by atoms with E-state index in [9.17, 15) is 8.78 Å². The summed E-state index contributed by atoms with van der Waals surface area (Å²) < 4.78 is 35.5. The lowest BCUT2D eigenvalue weighted by atomic mass is 9.93. The van der Waals surface area contributed by atoms with Crippen LogP contribution in [0.3, 0.4) is 0 Å². The molecule has 1 saturated heterocycles. The maximum atomic E-state index is 14.1. The summed E-state index contributed by atoms with van der Waals surface area (Å²) >= 11 is 0. The Kier molecular flexibility index (Phi) is 4.77. The SMILES string of the molecule is CCCn1ncc2c1CN([C@H]1CO[C@H](c3cc(F)ccc3F)[C@@H](N)C1)C2. The van der Waals surface area contributed by atoms with Crippen molar-refractivity contribution in [2.45, 2.75) is 57.6 Å². The van der Waals surface area contributed by atoms with E-state index in [1.165, 1.54) is 17.3 Å². The third kappa shape index (κ3) is 3.15. The highest BCUT2D eigenvalue weighted by Gasteiger charge is 2.37. The summed E-state index contributed by atoms with van der Waals surface area (Å²) in [4.78, 5) is 2.34. The number of fused-ring (bicyclic) bond motifs is 1. The zero-order chi connectivity index (χ0) is 18.3. The average Bonchev–Trinajstić information content (AvgIpc) is 3.19. The molecule has 2 aliphatic rings. The highest BCUT2D eigenvalue weighted by Crippen LogP contribution is 2.34. The molecule has 0 radical (unpaired) electrons. The van der Waals surface area contributed by atoms with Gasteiger partial charge in [-0.3, -0.25) is 9.58 Å². The summed E-state index contributed by atoms with van der Waals surface area (Å²) in [6.45, 7) is 5.18. The lowest BCUT2D eigenvalue weighted by Crippen LogP contribution is -2.47. The molecule has 2 N–H and O–H groups in total. The van der Waals surface area contributed by atoms with E-state index in [0.717, 1.165) is 38.2 Å². The first-order valence-corrected chi connectivity index (χ1v) is 9.16. The van der Waals surface area contributed by atoms with Gasteiger partial charge in [0, 0.05) is 42.8 Å². The molecular weight excluding hydrogens is 338 g/mol. The molecule has 7 heteroatoms. The van der Waals surface area contributed by atoms with Crippen LogP contribution in [-0.2, 0) is 24.4 Å².